The van der Waals surface area contributed by atoms with Crippen molar-refractivity contribution in [1.29, 1.82) is 0 Å². The van der Waals surface area contributed by atoms with Crippen LogP contribution in [0.2, 0.25) is 0 Å². The number of para-hydroxylation sites is 1. The van der Waals surface area contributed by atoms with Gasteiger partial charge in [0, 0.05) is 6.54 Å². The summed E-state index contributed by atoms with van der Waals surface area (Å²) in [7, 11) is 4.10. The highest BCUT2D eigenvalue weighted by molar-refractivity contribution is 5.99. The van der Waals surface area contributed by atoms with Gasteiger partial charge in [-0.3, -0.25) is 4.79 Å². The lowest BCUT2D eigenvalue weighted by Crippen LogP contribution is -2.20. The second-order valence-electron chi connectivity index (χ2n) is 6.31. The number of ether oxygens (including phenoxy) is 2. The van der Waals surface area contributed by atoms with Gasteiger partial charge in [-0.2, -0.15) is 0 Å². The van der Waals surface area contributed by atoms with Gasteiger partial charge < -0.3 is 14.4 Å². The summed E-state index contributed by atoms with van der Waals surface area (Å²) in [6, 6.07) is 15.3. The molecule has 24 heavy (non-hydrogen) atoms. The summed E-state index contributed by atoms with van der Waals surface area (Å²) in [5.41, 5.74) is 1.65. The third kappa shape index (κ3) is 3.95. The summed E-state index contributed by atoms with van der Waals surface area (Å²) >= 11 is 0. The van der Waals surface area contributed by atoms with Crippen molar-refractivity contribution in [3.8, 4) is 11.5 Å². The fourth-order valence-electron chi connectivity index (χ4n) is 2.83. The van der Waals surface area contributed by atoms with E-state index in [1.807, 2.05) is 48.5 Å². The van der Waals surface area contributed by atoms with Crippen LogP contribution in [0.3, 0.4) is 0 Å². The molecular formula is C20H23NO3. The molecule has 1 aliphatic rings. The number of ketones is 1. The molecule has 0 radical (unpaired) electrons. The maximum atomic E-state index is 12.3. The number of carbonyl (C=O) groups is 1. The van der Waals surface area contributed by atoms with Crippen LogP contribution >= 0.6 is 0 Å². The summed E-state index contributed by atoms with van der Waals surface area (Å²) in [5, 5.41) is 0. The normalized spacial score (nSPS) is 16.6. The molecule has 0 fully saturated rings. The Kier molecular flexibility index (Phi) is 5.16. The van der Waals surface area contributed by atoms with E-state index in [9.17, 15) is 4.79 Å². The number of hydrogen-bond donors (Lipinski definition) is 0. The molecule has 2 aromatic carbocycles. The Morgan fingerprint density at radius 2 is 2.00 bits per heavy atom. The first-order valence-electron chi connectivity index (χ1n) is 8.30. The smallest absolute Gasteiger partial charge is 0.170 e. The van der Waals surface area contributed by atoms with Gasteiger partial charge in [0.1, 0.15) is 17.6 Å². The standard InChI is InChI=1S/C20H23NO3/c1-21(2)11-6-12-23-16-8-5-7-15(13-16)20-14-18(22)17-9-3-4-10-19(17)24-20/h3-5,7-10,13,20H,6,11-12,14H2,1-2H3. The number of rotatable bonds is 6. The molecule has 1 aliphatic heterocycles. The molecule has 0 N–H and O–H groups in total. The average molecular weight is 325 g/mol. The average Bonchev–Trinajstić information content (AvgIpc) is 2.59. The lowest BCUT2D eigenvalue weighted by atomic mass is 9.96. The zero-order valence-electron chi connectivity index (χ0n) is 14.2. The lowest BCUT2D eigenvalue weighted by Gasteiger charge is -2.25. The largest absolute Gasteiger partial charge is 0.494 e. The molecule has 0 bridgehead atoms. The highest BCUT2D eigenvalue weighted by Gasteiger charge is 2.27. The quantitative estimate of drug-likeness (QED) is 0.759. The van der Waals surface area contributed by atoms with Crippen molar-refractivity contribution in [2.45, 2.75) is 18.9 Å². The molecule has 0 spiro atoms. The minimum atomic E-state index is -0.252. The number of hydrogen-bond acceptors (Lipinski definition) is 4. The molecule has 4 heteroatoms. The van der Waals surface area contributed by atoms with E-state index in [0.717, 1.165) is 24.3 Å². The predicted octanol–water partition coefficient (Wildman–Crippen LogP) is 3.72. The Morgan fingerprint density at radius 3 is 2.83 bits per heavy atom. The van der Waals surface area contributed by atoms with E-state index in [1.165, 1.54) is 0 Å². The van der Waals surface area contributed by atoms with E-state index in [-0.39, 0.29) is 11.9 Å². The highest BCUT2D eigenvalue weighted by Crippen LogP contribution is 2.35. The zero-order valence-corrected chi connectivity index (χ0v) is 14.2. The summed E-state index contributed by atoms with van der Waals surface area (Å²) in [4.78, 5) is 14.5. The maximum absolute atomic E-state index is 12.3. The molecule has 1 heterocycles. The lowest BCUT2D eigenvalue weighted by molar-refractivity contribution is 0.0849. The number of nitrogens with zero attached hydrogens (tertiary/aromatic N) is 1. The van der Waals surface area contributed by atoms with Crippen molar-refractivity contribution >= 4 is 5.78 Å². The van der Waals surface area contributed by atoms with Gasteiger partial charge in [0.25, 0.3) is 0 Å². The third-order valence-corrected chi connectivity index (χ3v) is 4.08. The second kappa shape index (κ2) is 7.49. The third-order valence-electron chi connectivity index (χ3n) is 4.08. The van der Waals surface area contributed by atoms with Crippen molar-refractivity contribution in [3.05, 3.63) is 59.7 Å². The molecular weight excluding hydrogens is 302 g/mol. The van der Waals surface area contributed by atoms with Crippen LogP contribution in [0.5, 0.6) is 11.5 Å². The fraction of sp³-hybridized carbons (Fsp3) is 0.350. The van der Waals surface area contributed by atoms with Gasteiger partial charge in [0.2, 0.25) is 0 Å². The predicted molar refractivity (Wildman–Crippen MR) is 93.9 cm³/mol. The van der Waals surface area contributed by atoms with Gasteiger partial charge in [0.15, 0.2) is 5.78 Å². The second-order valence-corrected chi connectivity index (χ2v) is 6.31. The summed E-state index contributed by atoms with van der Waals surface area (Å²) in [5.74, 6) is 1.61. The number of fused-ring (bicyclic) bond motifs is 1. The van der Waals surface area contributed by atoms with Crippen LogP contribution < -0.4 is 9.47 Å². The van der Waals surface area contributed by atoms with Gasteiger partial charge in [0.05, 0.1) is 18.6 Å². The Labute approximate surface area is 143 Å². The maximum Gasteiger partial charge on any atom is 0.170 e. The molecule has 0 aliphatic carbocycles. The molecule has 126 valence electrons. The first-order valence-corrected chi connectivity index (χ1v) is 8.30. The molecule has 3 rings (SSSR count). The highest BCUT2D eigenvalue weighted by atomic mass is 16.5. The van der Waals surface area contributed by atoms with Crippen LogP contribution in [0, 0.1) is 0 Å². The molecule has 0 saturated heterocycles. The zero-order chi connectivity index (χ0) is 16.9. The Balaban J connectivity index is 1.67. The van der Waals surface area contributed by atoms with Gasteiger partial charge in [-0.25, -0.2) is 0 Å². The van der Waals surface area contributed by atoms with E-state index in [4.69, 9.17) is 9.47 Å². The molecule has 2 aromatic rings. The van der Waals surface area contributed by atoms with Crippen LogP contribution in [0.4, 0.5) is 0 Å². The molecule has 0 aromatic heterocycles. The topological polar surface area (TPSA) is 38.8 Å². The van der Waals surface area contributed by atoms with E-state index in [1.54, 1.807) is 0 Å². The Morgan fingerprint density at radius 1 is 1.17 bits per heavy atom. The van der Waals surface area contributed by atoms with Crippen molar-refractivity contribution in [2.75, 3.05) is 27.2 Å². The fourth-order valence-corrected chi connectivity index (χ4v) is 2.83. The first kappa shape index (κ1) is 16.5. The molecule has 1 unspecified atom stereocenters. The van der Waals surface area contributed by atoms with E-state index in [0.29, 0.717) is 24.3 Å². The van der Waals surface area contributed by atoms with E-state index >= 15 is 0 Å². The summed E-state index contributed by atoms with van der Waals surface area (Å²) in [6.45, 7) is 1.67. The van der Waals surface area contributed by atoms with Gasteiger partial charge >= 0.3 is 0 Å². The molecule has 4 nitrogen and oxygen atoms in total. The Hall–Kier alpha value is -2.33. The number of Topliss-reactive ketones (excluding diaryl/α,β-unsaturated/α-hetero) is 1. The van der Waals surface area contributed by atoms with Crippen LogP contribution in [0.1, 0.15) is 34.9 Å². The van der Waals surface area contributed by atoms with E-state index in [2.05, 4.69) is 19.0 Å². The van der Waals surface area contributed by atoms with Crippen molar-refractivity contribution in [1.82, 2.24) is 4.90 Å². The number of benzene rings is 2. The van der Waals surface area contributed by atoms with Crippen LogP contribution in [0.15, 0.2) is 48.5 Å². The van der Waals surface area contributed by atoms with Gasteiger partial charge in [-0.15, -0.1) is 0 Å². The van der Waals surface area contributed by atoms with E-state index < -0.39 is 0 Å². The molecule has 0 saturated carbocycles. The minimum absolute atomic E-state index is 0.124. The summed E-state index contributed by atoms with van der Waals surface area (Å²) < 4.78 is 11.8. The summed E-state index contributed by atoms with van der Waals surface area (Å²) in [6.07, 6.45) is 1.09. The van der Waals surface area contributed by atoms with Gasteiger partial charge in [-0.05, 0) is 50.3 Å². The molecule has 0 amide bonds. The van der Waals surface area contributed by atoms with Crippen LogP contribution in [-0.2, 0) is 0 Å². The van der Waals surface area contributed by atoms with Crippen molar-refractivity contribution in [2.24, 2.45) is 0 Å². The SMILES string of the molecule is CN(C)CCCOc1cccc(C2CC(=O)c3ccccc3O2)c1. The molecule has 1 atom stereocenters. The Bertz CT molecular complexity index is 712. The minimum Gasteiger partial charge on any atom is -0.494 e. The van der Waals surface area contributed by atoms with Crippen molar-refractivity contribution in [3.63, 3.8) is 0 Å². The van der Waals surface area contributed by atoms with Crippen LogP contribution in [0.25, 0.3) is 0 Å². The van der Waals surface area contributed by atoms with Gasteiger partial charge in [-0.1, -0.05) is 24.3 Å². The monoisotopic (exact) mass is 325 g/mol. The van der Waals surface area contributed by atoms with Crippen molar-refractivity contribution < 1.29 is 14.3 Å². The number of carbonyl (C=O) groups excluding carboxylic acids is 1. The van der Waals surface area contributed by atoms with Crippen LogP contribution in [-0.4, -0.2) is 37.9 Å². The first-order chi connectivity index (χ1) is 11.6.